The number of hydrogen-bond acceptors (Lipinski definition) is 3. The van der Waals surface area contributed by atoms with Crippen LogP contribution in [0.2, 0.25) is 5.02 Å². The molecule has 0 atom stereocenters. The lowest BCUT2D eigenvalue weighted by Crippen LogP contribution is -2.05. The van der Waals surface area contributed by atoms with Crippen molar-refractivity contribution in [3.63, 3.8) is 0 Å². The van der Waals surface area contributed by atoms with E-state index in [1.54, 1.807) is 18.0 Å². The topological polar surface area (TPSA) is 57.8 Å². The minimum Gasteiger partial charge on any atom is -0.338 e. The molecule has 0 unspecified atom stereocenters. The van der Waals surface area contributed by atoms with E-state index in [0.29, 0.717) is 5.02 Å². The third-order valence-corrected chi connectivity index (χ3v) is 5.44. The fraction of sp³-hybridized carbons (Fsp3) is 0.0476. The molecule has 27 heavy (non-hydrogen) atoms. The second-order valence-corrected chi connectivity index (χ2v) is 7.56. The number of H-pyrrole nitrogens is 1. The highest BCUT2D eigenvalue weighted by molar-refractivity contribution is 7.99. The van der Waals surface area contributed by atoms with Gasteiger partial charge in [-0.15, -0.1) is 0 Å². The molecule has 2 N–H and O–H groups in total. The van der Waals surface area contributed by atoms with Crippen molar-refractivity contribution in [1.29, 1.82) is 0 Å². The molecule has 0 bridgehead atoms. The van der Waals surface area contributed by atoms with Gasteiger partial charge in [-0.3, -0.25) is 4.79 Å². The quantitative estimate of drug-likeness (QED) is 0.447. The van der Waals surface area contributed by atoms with Gasteiger partial charge < -0.3 is 10.3 Å². The van der Waals surface area contributed by atoms with Gasteiger partial charge >= 0.3 is 0 Å². The lowest BCUT2D eigenvalue weighted by Gasteiger charge is -2.07. The van der Waals surface area contributed by atoms with Gasteiger partial charge in [0.05, 0.1) is 5.69 Å². The highest BCUT2D eigenvalue weighted by Gasteiger charge is 2.15. The first-order valence-corrected chi connectivity index (χ1v) is 9.58. The monoisotopic (exact) mass is 393 g/mol. The van der Waals surface area contributed by atoms with Gasteiger partial charge in [0.1, 0.15) is 5.65 Å². The number of rotatable bonds is 4. The molecule has 2 aromatic carbocycles. The van der Waals surface area contributed by atoms with Crippen molar-refractivity contribution in [1.82, 2.24) is 9.97 Å². The number of nitrogens with one attached hydrogen (secondary N) is 2. The van der Waals surface area contributed by atoms with Gasteiger partial charge in [0.25, 0.3) is 0 Å². The number of benzene rings is 2. The maximum atomic E-state index is 11.2. The van der Waals surface area contributed by atoms with E-state index < -0.39 is 0 Å². The molecule has 0 saturated heterocycles. The predicted octanol–water partition coefficient (Wildman–Crippen LogP) is 5.99. The minimum atomic E-state index is -0.0865. The van der Waals surface area contributed by atoms with Crippen molar-refractivity contribution < 1.29 is 4.79 Å². The number of aromatic nitrogens is 2. The Morgan fingerprint density at radius 3 is 2.52 bits per heavy atom. The summed E-state index contributed by atoms with van der Waals surface area (Å²) in [6.45, 7) is 1.50. The van der Waals surface area contributed by atoms with Crippen LogP contribution in [-0.2, 0) is 4.79 Å². The fourth-order valence-corrected chi connectivity index (χ4v) is 4.03. The fourth-order valence-electron chi connectivity index (χ4n) is 2.85. The van der Waals surface area contributed by atoms with Crippen molar-refractivity contribution in [2.45, 2.75) is 16.7 Å². The lowest BCUT2D eigenvalue weighted by atomic mass is 10.1. The molecule has 0 fully saturated rings. The van der Waals surface area contributed by atoms with E-state index in [4.69, 9.17) is 11.6 Å². The van der Waals surface area contributed by atoms with E-state index in [-0.39, 0.29) is 5.91 Å². The predicted molar refractivity (Wildman–Crippen MR) is 111 cm³/mol. The molecule has 0 spiro atoms. The third-order valence-electron chi connectivity index (χ3n) is 4.05. The molecule has 0 aliphatic carbocycles. The number of amides is 1. The molecule has 0 aliphatic rings. The molecule has 2 aromatic heterocycles. The van der Waals surface area contributed by atoms with Crippen LogP contribution in [0.5, 0.6) is 0 Å². The number of hydrogen-bond donors (Lipinski definition) is 2. The summed E-state index contributed by atoms with van der Waals surface area (Å²) in [5.41, 5.74) is 3.64. The highest BCUT2D eigenvalue weighted by Crippen LogP contribution is 2.41. The van der Waals surface area contributed by atoms with Gasteiger partial charge in [-0.25, -0.2) is 4.98 Å². The second kappa shape index (κ2) is 7.47. The van der Waals surface area contributed by atoms with E-state index in [1.165, 1.54) is 6.92 Å². The van der Waals surface area contributed by atoms with Crippen LogP contribution in [0.15, 0.2) is 76.7 Å². The van der Waals surface area contributed by atoms with Crippen LogP contribution in [0.3, 0.4) is 0 Å². The summed E-state index contributed by atoms with van der Waals surface area (Å²) in [5, 5.41) is 4.57. The van der Waals surface area contributed by atoms with Gasteiger partial charge in [-0.05, 0) is 54.1 Å². The Kier molecular flexibility index (Phi) is 4.88. The molecule has 2 heterocycles. The molecule has 0 aliphatic heterocycles. The molecule has 1 amide bonds. The Hall–Kier alpha value is -2.76. The van der Waals surface area contributed by atoms with Gasteiger partial charge in [0.15, 0.2) is 0 Å². The molecule has 4 nitrogen and oxygen atoms in total. The third kappa shape index (κ3) is 3.84. The second-order valence-electron chi connectivity index (χ2n) is 6.04. The smallest absolute Gasteiger partial charge is 0.221 e. The van der Waals surface area contributed by atoms with Crippen molar-refractivity contribution >= 4 is 46.0 Å². The Morgan fingerprint density at radius 2 is 1.81 bits per heavy atom. The number of nitrogens with zero attached hydrogens (tertiary/aromatic N) is 1. The summed E-state index contributed by atoms with van der Waals surface area (Å²) in [6, 6.07) is 19.6. The first-order valence-electron chi connectivity index (χ1n) is 8.38. The average Bonchev–Trinajstić information content (AvgIpc) is 3.02. The van der Waals surface area contributed by atoms with Crippen molar-refractivity contribution in [2.75, 3.05) is 5.32 Å². The number of halogens is 1. The molecular weight excluding hydrogens is 378 g/mol. The zero-order chi connectivity index (χ0) is 18.8. The van der Waals surface area contributed by atoms with Crippen LogP contribution in [0.25, 0.3) is 22.3 Å². The largest absolute Gasteiger partial charge is 0.338 e. The minimum absolute atomic E-state index is 0.0865. The summed E-state index contributed by atoms with van der Waals surface area (Å²) < 4.78 is 0. The summed E-state index contributed by atoms with van der Waals surface area (Å²) in [6.07, 6.45) is 1.78. The summed E-state index contributed by atoms with van der Waals surface area (Å²) in [4.78, 5) is 21.3. The molecular formula is C21H16ClN3OS. The van der Waals surface area contributed by atoms with Crippen LogP contribution in [0.1, 0.15) is 6.92 Å². The average molecular weight is 394 g/mol. The summed E-state index contributed by atoms with van der Waals surface area (Å²) >= 11 is 7.68. The van der Waals surface area contributed by atoms with E-state index in [9.17, 15) is 4.79 Å². The maximum Gasteiger partial charge on any atom is 0.221 e. The number of pyridine rings is 1. The van der Waals surface area contributed by atoms with E-state index >= 15 is 0 Å². The van der Waals surface area contributed by atoms with Gasteiger partial charge in [0.2, 0.25) is 5.91 Å². The van der Waals surface area contributed by atoms with Crippen LogP contribution >= 0.6 is 23.4 Å². The van der Waals surface area contributed by atoms with Crippen LogP contribution in [-0.4, -0.2) is 15.9 Å². The Morgan fingerprint density at radius 1 is 1.07 bits per heavy atom. The molecule has 4 aromatic rings. The number of fused-ring (bicyclic) bond motifs is 1. The number of carbonyl (C=O) groups is 1. The molecule has 0 radical (unpaired) electrons. The van der Waals surface area contributed by atoms with Crippen LogP contribution in [0, 0.1) is 0 Å². The van der Waals surface area contributed by atoms with Crippen LogP contribution < -0.4 is 5.32 Å². The standard InChI is InChI=1S/C21H16ClN3OS/c1-13(26)24-16-8-4-14(5-9-16)19-20(18-3-2-12-23-21(18)25-19)27-17-10-6-15(22)7-11-17/h2-12H,1H3,(H,23,25)(H,24,26). The Labute approximate surface area is 166 Å². The Bertz CT molecular complexity index is 1100. The Balaban J connectivity index is 1.77. The molecule has 6 heteroatoms. The number of aromatic amines is 1. The molecule has 134 valence electrons. The van der Waals surface area contributed by atoms with Gasteiger partial charge in [0, 0.05) is 39.0 Å². The zero-order valence-corrected chi connectivity index (χ0v) is 16.1. The van der Waals surface area contributed by atoms with E-state index in [2.05, 4.69) is 21.4 Å². The first-order chi connectivity index (χ1) is 13.1. The number of carbonyl (C=O) groups excluding carboxylic acids is 1. The van der Waals surface area contributed by atoms with Gasteiger partial charge in [-0.1, -0.05) is 35.5 Å². The lowest BCUT2D eigenvalue weighted by molar-refractivity contribution is -0.114. The van der Waals surface area contributed by atoms with Crippen molar-refractivity contribution in [3.8, 4) is 11.3 Å². The van der Waals surface area contributed by atoms with E-state index in [1.807, 2.05) is 54.6 Å². The molecule has 0 saturated carbocycles. The normalized spacial score (nSPS) is 10.9. The highest BCUT2D eigenvalue weighted by atomic mass is 35.5. The zero-order valence-electron chi connectivity index (χ0n) is 14.5. The maximum absolute atomic E-state index is 11.2. The van der Waals surface area contributed by atoms with Crippen LogP contribution in [0.4, 0.5) is 5.69 Å². The van der Waals surface area contributed by atoms with E-state index in [0.717, 1.165) is 37.8 Å². The SMILES string of the molecule is CC(=O)Nc1ccc(-c2[nH]c3ncccc3c2Sc2ccc(Cl)cc2)cc1. The first kappa shape index (κ1) is 17.6. The summed E-state index contributed by atoms with van der Waals surface area (Å²) in [5.74, 6) is -0.0865. The van der Waals surface area contributed by atoms with Crippen molar-refractivity contribution in [3.05, 3.63) is 71.9 Å². The van der Waals surface area contributed by atoms with Crippen molar-refractivity contribution in [2.24, 2.45) is 0 Å². The molecule has 4 rings (SSSR count). The number of anilines is 1. The summed E-state index contributed by atoms with van der Waals surface area (Å²) in [7, 11) is 0. The van der Waals surface area contributed by atoms with Gasteiger partial charge in [-0.2, -0.15) is 0 Å².